The number of nitrogen functional groups attached to an aromatic ring is 1. The van der Waals surface area contributed by atoms with Gasteiger partial charge in [0.1, 0.15) is 5.75 Å². The smallest absolute Gasteiger partial charge is 0.319 e. The Morgan fingerprint density at radius 2 is 2.08 bits per heavy atom. The number of hydrogen-bond donors (Lipinski definition) is 2. The number of carbonyl (C=O) groups is 2. The lowest BCUT2D eigenvalue weighted by Gasteiger charge is -2.37. The summed E-state index contributed by atoms with van der Waals surface area (Å²) in [7, 11) is 4.39. The quantitative estimate of drug-likeness (QED) is 0.554. The Bertz CT molecular complexity index is 670. The van der Waals surface area contributed by atoms with Gasteiger partial charge in [0.05, 0.1) is 49.2 Å². The molecule has 1 heterocycles. The van der Waals surface area contributed by atoms with Crippen LogP contribution in [-0.2, 0) is 14.3 Å². The molecule has 0 saturated carbocycles. The molecule has 0 aliphatic carbocycles. The van der Waals surface area contributed by atoms with Crippen LogP contribution in [0.2, 0.25) is 5.02 Å². The van der Waals surface area contributed by atoms with E-state index in [1.165, 1.54) is 26.4 Å². The average molecular weight is 386 g/mol. The fourth-order valence-electron chi connectivity index (χ4n) is 2.94. The van der Waals surface area contributed by atoms with Gasteiger partial charge in [0.25, 0.3) is 5.91 Å². The zero-order chi connectivity index (χ0) is 19.3. The summed E-state index contributed by atoms with van der Waals surface area (Å²) in [4.78, 5) is 26.1. The summed E-state index contributed by atoms with van der Waals surface area (Å²) in [6, 6.07) is 2.80. The van der Waals surface area contributed by atoms with Crippen molar-refractivity contribution in [1.29, 1.82) is 0 Å². The van der Waals surface area contributed by atoms with Gasteiger partial charge in [0.15, 0.2) is 0 Å². The van der Waals surface area contributed by atoms with E-state index in [2.05, 4.69) is 10.1 Å². The van der Waals surface area contributed by atoms with Gasteiger partial charge in [-0.05, 0) is 12.5 Å². The van der Waals surface area contributed by atoms with Gasteiger partial charge in [-0.3, -0.25) is 14.5 Å². The van der Waals surface area contributed by atoms with E-state index in [4.69, 9.17) is 26.8 Å². The summed E-state index contributed by atoms with van der Waals surface area (Å²) in [6.07, 6.45) is 0.374. The lowest BCUT2D eigenvalue weighted by Crippen LogP contribution is -2.55. The predicted molar refractivity (Wildman–Crippen MR) is 97.5 cm³/mol. The first-order chi connectivity index (χ1) is 12.4. The zero-order valence-electron chi connectivity index (χ0n) is 15.1. The van der Waals surface area contributed by atoms with E-state index in [0.29, 0.717) is 36.5 Å². The van der Waals surface area contributed by atoms with Crippen molar-refractivity contribution >= 4 is 29.2 Å². The molecular weight excluding hydrogens is 362 g/mol. The lowest BCUT2D eigenvalue weighted by atomic mass is 10.0. The molecular formula is C17H24ClN3O5. The molecule has 144 valence electrons. The van der Waals surface area contributed by atoms with Gasteiger partial charge >= 0.3 is 5.97 Å². The molecule has 3 N–H and O–H groups in total. The van der Waals surface area contributed by atoms with Gasteiger partial charge in [-0.15, -0.1) is 0 Å². The lowest BCUT2D eigenvalue weighted by molar-refractivity contribution is -0.143. The van der Waals surface area contributed by atoms with Gasteiger partial charge in [0, 0.05) is 26.3 Å². The van der Waals surface area contributed by atoms with Crippen LogP contribution in [0.25, 0.3) is 0 Å². The van der Waals surface area contributed by atoms with E-state index >= 15 is 0 Å². The molecule has 0 spiro atoms. The molecule has 1 aliphatic heterocycles. The molecule has 1 aromatic rings. The van der Waals surface area contributed by atoms with E-state index in [9.17, 15) is 9.59 Å². The van der Waals surface area contributed by atoms with Crippen molar-refractivity contribution in [1.82, 2.24) is 10.2 Å². The van der Waals surface area contributed by atoms with Gasteiger partial charge < -0.3 is 25.3 Å². The normalized spacial score (nSPS) is 20.5. The van der Waals surface area contributed by atoms with Crippen molar-refractivity contribution in [2.45, 2.75) is 18.6 Å². The highest BCUT2D eigenvalue weighted by atomic mass is 35.5. The van der Waals surface area contributed by atoms with Gasteiger partial charge in [-0.2, -0.15) is 0 Å². The number of esters is 1. The van der Waals surface area contributed by atoms with Crippen LogP contribution in [-0.4, -0.2) is 69.9 Å². The highest BCUT2D eigenvalue weighted by molar-refractivity contribution is 6.33. The van der Waals surface area contributed by atoms with Crippen LogP contribution in [0, 0.1) is 0 Å². The second-order valence-corrected chi connectivity index (χ2v) is 6.44. The number of likely N-dealkylation sites (tertiary alicyclic amines) is 1. The number of anilines is 1. The number of hydrogen-bond acceptors (Lipinski definition) is 7. The maximum Gasteiger partial charge on any atom is 0.319 e. The van der Waals surface area contributed by atoms with E-state index < -0.39 is 0 Å². The molecule has 1 fully saturated rings. The first-order valence-corrected chi connectivity index (χ1v) is 8.53. The molecule has 1 saturated heterocycles. The molecule has 26 heavy (non-hydrogen) atoms. The number of nitrogens with one attached hydrogen (secondary N) is 1. The van der Waals surface area contributed by atoms with Crippen LogP contribution in [0.15, 0.2) is 12.1 Å². The van der Waals surface area contributed by atoms with Crippen LogP contribution >= 0.6 is 11.6 Å². The van der Waals surface area contributed by atoms with Crippen molar-refractivity contribution in [3.8, 4) is 5.75 Å². The van der Waals surface area contributed by atoms with Gasteiger partial charge in [0.2, 0.25) is 0 Å². The summed E-state index contributed by atoms with van der Waals surface area (Å²) < 4.78 is 15.4. The molecule has 2 atom stereocenters. The Balaban J connectivity index is 2.07. The standard InChI is InChI=1S/C17H24ClN3O5/c1-24-14-7-12(19)11(18)6-10(14)17(23)20-13-4-5-21(8-15(13)25-2)9-16(22)26-3/h6-7,13,15H,4-5,8-9,19H2,1-3H3,(H,20,23)/t13-,15+/m1/s1. The number of halogens is 1. The van der Waals surface area contributed by atoms with Crippen LogP contribution in [0.3, 0.4) is 0 Å². The Hall–Kier alpha value is -2.03. The van der Waals surface area contributed by atoms with E-state index in [1.807, 2.05) is 4.90 Å². The average Bonchev–Trinajstić information content (AvgIpc) is 2.64. The number of nitrogens with two attached hydrogens (primary N) is 1. The number of rotatable bonds is 6. The number of ether oxygens (including phenoxy) is 3. The number of benzene rings is 1. The van der Waals surface area contributed by atoms with Crippen LogP contribution in [0.4, 0.5) is 5.69 Å². The number of carbonyl (C=O) groups excluding carboxylic acids is 2. The van der Waals surface area contributed by atoms with Crippen molar-refractivity contribution in [3.05, 3.63) is 22.7 Å². The molecule has 9 heteroatoms. The monoisotopic (exact) mass is 385 g/mol. The third-order valence-corrected chi connectivity index (χ3v) is 4.73. The molecule has 0 bridgehead atoms. The van der Waals surface area contributed by atoms with Crippen molar-refractivity contribution in [2.24, 2.45) is 0 Å². The van der Waals surface area contributed by atoms with Crippen molar-refractivity contribution in [3.63, 3.8) is 0 Å². The summed E-state index contributed by atoms with van der Waals surface area (Å²) in [5.74, 6) is -0.276. The Kier molecular flexibility index (Phi) is 7.07. The zero-order valence-corrected chi connectivity index (χ0v) is 15.8. The molecule has 2 rings (SSSR count). The maximum atomic E-state index is 12.7. The molecule has 0 aromatic heterocycles. The third kappa shape index (κ3) is 4.78. The molecule has 1 aromatic carbocycles. The van der Waals surface area contributed by atoms with E-state index in [0.717, 1.165) is 0 Å². The second-order valence-electron chi connectivity index (χ2n) is 6.03. The number of nitrogens with zero attached hydrogens (tertiary/aromatic N) is 1. The number of amides is 1. The Labute approximate surface area is 157 Å². The van der Waals surface area contributed by atoms with E-state index in [-0.39, 0.29) is 35.6 Å². The second kappa shape index (κ2) is 9.07. The molecule has 8 nitrogen and oxygen atoms in total. The SMILES string of the molecule is COC(=O)CN1CC[C@@H](NC(=O)c2cc(Cl)c(N)cc2OC)[C@@H](OC)C1. The van der Waals surface area contributed by atoms with E-state index in [1.54, 1.807) is 7.11 Å². The minimum atomic E-state index is -0.322. The first kappa shape index (κ1) is 20.3. The summed E-state index contributed by atoms with van der Waals surface area (Å²) in [6.45, 7) is 1.34. The number of piperidine rings is 1. The molecule has 1 aliphatic rings. The Morgan fingerprint density at radius 1 is 1.35 bits per heavy atom. The van der Waals surface area contributed by atoms with Gasteiger partial charge in [-0.25, -0.2) is 0 Å². The maximum absolute atomic E-state index is 12.7. The first-order valence-electron chi connectivity index (χ1n) is 8.15. The molecule has 0 unspecified atom stereocenters. The fourth-order valence-corrected chi connectivity index (χ4v) is 3.10. The van der Waals surface area contributed by atoms with Crippen LogP contribution in [0.5, 0.6) is 5.75 Å². The minimum Gasteiger partial charge on any atom is -0.496 e. The summed E-state index contributed by atoms with van der Waals surface area (Å²) in [5.41, 5.74) is 6.40. The highest BCUT2D eigenvalue weighted by Crippen LogP contribution is 2.29. The Morgan fingerprint density at radius 3 is 2.69 bits per heavy atom. The number of methoxy groups -OCH3 is 3. The van der Waals surface area contributed by atoms with Crippen molar-refractivity contribution in [2.75, 3.05) is 46.7 Å². The third-order valence-electron chi connectivity index (χ3n) is 4.41. The largest absolute Gasteiger partial charge is 0.496 e. The minimum absolute atomic E-state index is 0.193. The fraction of sp³-hybridized carbons (Fsp3) is 0.529. The van der Waals surface area contributed by atoms with Gasteiger partial charge in [-0.1, -0.05) is 11.6 Å². The predicted octanol–water partition coefficient (Wildman–Crippen LogP) is 0.923. The van der Waals surface area contributed by atoms with Crippen molar-refractivity contribution < 1.29 is 23.8 Å². The highest BCUT2D eigenvalue weighted by Gasteiger charge is 2.32. The van der Waals surface area contributed by atoms with Crippen LogP contribution in [0.1, 0.15) is 16.8 Å². The summed E-state index contributed by atoms with van der Waals surface area (Å²) in [5, 5.41) is 3.24. The topological polar surface area (TPSA) is 103 Å². The van der Waals surface area contributed by atoms with Crippen LogP contribution < -0.4 is 15.8 Å². The molecule has 0 radical (unpaired) electrons. The summed E-state index contributed by atoms with van der Waals surface area (Å²) >= 11 is 6.03. The molecule has 1 amide bonds.